The minimum Gasteiger partial charge on any atom is -0.348 e. The van der Waals surface area contributed by atoms with Crippen molar-refractivity contribution in [3.05, 3.63) is 95.6 Å². The monoisotopic (exact) mass is 306 g/mol. The Balaban J connectivity index is 1.69. The van der Waals surface area contributed by atoms with E-state index in [1.165, 1.54) is 11.3 Å². The van der Waals surface area contributed by atoms with Crippen LogP contribution in [-0.2, 0) is 13.1 Å². The third kappa shape index (κ3) is 2.80. The van der Waals surface area contributed by atoms with E-state index >= 15 is 0 Å². The molecule has 1 aliphatic rings. The third-order valence-corrected chi connectivity index (χ3v) is 4.55. The van der Waals surface area contributed by atoms with Crippen LogP contribution in [-0.4, -0.2) is 16.0 Å². The van der Waals surface area contributed by atoms with Gasteiger partial charge >= 0.3 is 0 Å². The molecular formula is C20H19FN2. The SMILES string of the molecule is Fc1ccc(CN2CCn3cccc3C2c2ccccc2)cc1. The Morgan fingerprint density at radius 2 is 1.65 bits per heavy atom. The first-order valence-corrected chi connectivity index (χ1v) is 8.00. The second-order valence-corrected chi connectivity index (χ2v) is 6.04. The zero-order valence-electron chi connectivity index (χ0n) is 12.9. The van der Waals surface area contributed by atoms with Gasteiger partial charge in [0.1, 0.15) is 5.82 Å². The summed E-state index contributed by atoms with van der Waals surface area (Å²) in [5.74, 6) is -0.180. The van der Waals surface area contributed by atoms with Crippen LogP contribution in [0.4, 0.5) is 4.39 Å². The van der Waals surface area contributed by atoms with E-state index in [0.29, 0.717) is 0 Å². The molecular weight excluding hydrogens is 287 g/mol. The van der Waals surface area contributed by atoms with Crippen molar-refractivity contribution in [1.29, 1.82) is 0 Å². The largest absolute Gasteiger partial charge is 0.348 e. The molecule has 4 rings (SSSR count). The number of benzene rings is 2. The Bertz CT molecular complexity index is 777. The zero-order valence-corrected chi connectivity index (χ0v) is 12.9. The summed E-state index contributed by atoms with van der Waals surface area (Å²) in [5, 5.41) is 0. The Morgan fingerprint density at radius 3 is 2.43 bits per heavy atom. The first-order valence-electron chi connectivity index (χ1n) is 8.00. The van der Waals surface area contributed by atoms with Gasteiger partial charge in [-0.25, -0.2) is 4.39 Å². The van der Waals surface area contributed by atoms with Crippen LogP contribution in [0.15, 0.2) is 72.9 Å². The van der Waals surface area contributed by atoms with Crippen molar-refractivity contribution in [2.45, 2.75) is 19.1 Å². The topological polar surface area (TPSA) is 8.17 Å². The smallest absolute Gasteiger partial charge is 0.123 e. The molecule has 2 nitrogen and oxygen atoms in total. The summed E-state index contributed by atoms with van der Waals surface area (Å²) in [7, 11) is 0. The van der Waals surface area contributed by atoms with E-state index in [2.05, 4.69) is 58.1 Å². The van der Waals surface area contributed by atoms with E-state index in [0.717, 1.165) is 25.2 Å². The number of rotatable bonds is 3. The molecule has 0 saturated carbocycles. The Morgan fingerprint density at radius 1 is 0.870 bits per heavy atom. The lowest BCUT2D eigenvalue weighted by atomic mass is 9.99. The van der Waals surface area contributed by atoms with Crippen LogP contribution >= 0.6 is 0 Å². The molecule has 2 heterocycles. The molecule has 0 aliphatic carbocycles. The maximum atomic E-state index is 13.1. The van der Waals surface area contributed by atoms with Gasteiger partial charge in [0.25, 0.3) is 0 Å². The minimum absolute atomic E-state index is 0.180. The molecule has 0 amide bonds. The lowest BCUT2D eigenvalue weighted by Gasteiger charge is -2.37. The number of hydrogen-bond acceptors (Lipinski definition) is 1. The summed E-state index contributed by atoms with van der Waals surface area (Å²) >= 11 is 0. The summed E-state index contributed by atoms with van der Waals surface area (Å²) in [6.45, 7) is 2.80. The summed E-state index contributed by atoms with van der Waals surface area (Å²) in [6, 6.07) is 22.0. The van der Waals surface area contributed by atoms with Gasteiger partial charge in [-0.3, -0.25) is 4.90 Å². The van der Waals surface area contributed by atoms with Crippen molar-refractivity contribution < 1.29 is 4.39 Å². The maximum Gasteiger partial charge on any atom is 0.123 e. The summed E-state index contributed by atoms with van der Waals surface area (Å²) < 4.78 is 15.5. The molecule has 2 aromatic carbocycles. The Labute approximate surface area is 135 Å². The standard InChI is InChI=1S/C20H19FN2/c21-18-10-8-16(9-11-18)15-23-14-13-22-12-4-7-19(22)20(23)17-5-2-1-3-6-17/h1-12,20H,13-15H2. The first kappa shape index (κ1) is 14.2. The molecule has 1 atom stereocenters. The summed E-state index contributed by atoms with van der Waals surface area (Å²) in [4.78, 5) is 2.47. The van der Waals surface area contributed by atoms with Gasteiger partial charge in [0, 0.05) is 31.5 Å². The molecule has 1 unspecified atom stereocenters. The number of aromatic nitrogens is 1. The number of nitrogens with zero attached hydrogens (tertiary/aromatic N) is 2. The number of hydrogen-bond donors (Lipinski definition) is 0. The van der Waals surface area contributed by atoms with Gasteiger partial charge < -0.3 is 4.57 Å². The predicted molar refractivity (Wildman–Crippen MR) is 89.5 cm³/mol. The molecule has 3 aromatic rings. The molecule has 0 bridgehead atoms. The van der Waals surface area contributed by atoms with Gasteiger partial charge in [-0.05, 0) is 35.4 Å². The molecule has 1 aliphatic heterocycles. The van der Waals surface area contributed by atoms with E-state index in [1.807, 2.05) is 12.1 Å². The van der Waals surface area contributed by atoms with Crippen LogP contribution in [0, 0.1) is 5.82 Å². The fourth-order valence-corrected chi connectivity index (χ4v) is 3.44. The molecule has 0 N–H and O–H groups in total. The van der Waals surface area contributed by atoms with Gasteiger partial charge in [-0.15, -0.1) is 0 Å². The third-order valence-electron chi connectivity index (χ3n) is 4.55. The molecule has 0 saturated heterocycles. The quantitative estimate of drug-likeness (QED) is 0.703. The summed E-state index contributed by atoms with van der Waals surface area (Å²) in [5.41, 5.74) is 3.77. The zero-order chi connectivity index (χ0) is 15.6. The molecule has 23 heavy (non-hydrogen) atoms. The second-order valence-electron chi connectivity index (χ2n) is 6.04. The van der Waals surface area contributed by atoms with Gasteiger partial charge in [0.2, 0.25) is 0 Å². The van der Waals surface area contributed by atoms with Crippen LogP contribution in [0.3, 0.4) is 0 Å². The Hall–Kier alpha value is -2.39. The van der Waals surface area contributed by atoms with Gasteiger partial charge in [-0.2, -0.15) is 0 Å². The van der Waals surface area contributed by atoms with E-state index < -0.39 is 0 Å². The van der Waals surface area contributed by atoms with Gasteiger partial charge in [0.15, 0.2) is 0 Å². The molecule has 3 heteroatoms. The maximum absolute atomic E-state index is 13.1. The van der Waals surface area contributed by atoms with Crippen molar-refractivity contribution in [2.75, 3.05) is 6.54 Å². The molecule has 1 aromatic heterocycles. The van der Waals surface area contributed by atoms with E-state index in [4.69, 9.17) is 0 Å². The number of halogens is 1. The minimum atomic E-state index is -0.180. The van der Waals surface area contributed by atoms with E-state index in [-0.39, 0.29) is 11.9 Å². The molecule has 0 fully saturated rings. The van der Waals surface area contributed by atoms with Gasteiger partial charge in [0.05, 0.1) is 6.04 Å². The lowest BCUT2D eigenvalue weighted by molar-refractivity contribution is 0.174. The first-order chi connectivity index (χ1) is 11.3. The second kappa shape index (κ2) is 6.01. The predicted octanol–water partition coefficient (Wildman–Crippen LogP) is 4.23. The van der Waals surface area contributed by atoms with Crippen LogP contribution in [0.25, 0.3) is 0 Å². The fourth-order valence-electron chi connectivity index (χ4n) is 3.44. The van der Waals surface area contributed by atoms with Gasteiger partial charge in [-0.1, -0.05) is 42.5 Å². The van der Waals surface area contributed by atoms with E-state index in [1.54, 1.807) is 12.1 Å². The average Bonchev–Trinajstić information content (AvgIpc) is 3.06. The molecule has 0 spiro atoms. The highest BCUT2D eigenvalue weighted by Crippen LogP contribution is 2.33. The molecule has 116 valence electrons. The summed E-state index contributed by atoms with van der Waals surface area (Å²) in [6.07, 6.45) is 2.15. The fraction of sp³-hybridized carbons (Fsp3) is 0.200. The Kier molecular flexibility index (Phi) is 3.72. The van der Waals surface area contributed by atoms with E-state index in [9.17, 15) is 4.39 Å². The van der Waals surface area contributed by atoms with Crippen molar-refractivity contribution in [3.63, 3.8) is 0 Å². The molecule has 0 radical (unpaired) electrons. The highest BCUT2D eigenvalue weighted by molar-refractivity contribution is 5.30. The highest BCUT2D eigenvalue weighted by Gasteiger charge is 2.28. The van der Waals surface area contributed by atoms with Crippen molar-refractivity contribution in [2.24, 2.45) is 0 Å². The van der Waals surface area contributed by atoms with Crippen LogP contribution < -0.4 is 0 Å². The number of fused-ring (bicyclic) bond motifs is 1. The van der Waals surface area contributed by atoms with Crippen LogP contribution in [0.2, 0.25) is 0 Å². The average molecular weight is 306 g/mol. The normalized spacial score (nSPS) is 17.9. The lowest BCUT2D eigenvalue weighted by Crippen LogP contribution is -2.37. The van der Waals surface area contributed by atoms with Crippen molar-refractivity contribution in [1.82, 2.24) is 9.47 Å². The van der Waals surface area contributed by atoms with Crippen LogP contribution in [0.5, 0.6) is 0 Å². The highest BCUT2D eigenvalue weighted by atomic mass is 19.1. The van der Waals surface area contributed by atoms with Crippen molar-refractivity contribution in [3.8, 4) is 0 Å². The van der Waals surface area contributed by atoms with Crippen molar-refractivity contribution >= 4 is 0 Å². The van der Waals surface area contributed by atoms with Crippen LogP contribution in [0.1, 0.15) is 22.9 Å².